The van der Waals surface area contributed by atoms with Crippen LogP contribution in [0.15, 0.2) is 48.0 Å². The summed E-state index contributed by atoms with van der Waals surface area (Å²) in [5, 5.41) is 41.7. The molecule has 138 heavy (non-hydrogen) atoms. The number of hydrogen-bond donors (Lipinski definition) is 5. The van der Waals surface area contributed by atoms with Gasteiger partial charge in [0.25, 0.3) is 0 Å². The Balaban J connectivity index is 0.536. The lowest BCUT2D eigenvalue weighted by Crippen LogP contribution is -2.65. The molecule has 9 fully saturated rings. The van der Waals surface area contributed by atoms with Crippen LogP contribution in [0, 0.1) is 0 Å². The van der Waals surface area contributed by atoms with Crippen LogP contribution in [-0.2, 0) is 191 Å². The van der Waals surface area contributed by atoms with E-state index in [-0.39, 0.29) is 109 Å². The highest BCUT2D eigenvalue weighted by atomic mass is 33.1. The largest absolute Gasteiger partial charge is 0.449 e. The Kier molecular flexibility index (Phi) is 42.8. The van der Waals surface area contributed by atoms with Crippen molar-refractivity contribution >= 4 is 51.3 Å². The summed E-state index contributed by atoms with van der Waals surface area (Å²) in [6.45, 7) is 25.2. The van der Waals surface area contributed by atoms with Gasteiger partial charge in [0.05, 0.1) is 250 Å². The molecular weight excluding hydrogens is 1860 g/mol. The van der Waals surface area contributed by atoms with Crippen molar-refractivity contribution in [2.45, 2.75) is 252 Å². The molecule has 0 unspecified atom stereocenters. The molecule has 0 aromatic carbocycles. The fraction of sp³-hybridized carbons (Fsp3) is 0.818. The van der Waals surface area contributed by atoms with Gasteiger partial charge in [-0.2, -0.15) is 0 Å². The molecule has 50 heteroatoms. The monoisotopic (exact) mass is 2000 g/mol. The zero-order chi connectivity index (χ0) is 97.1. The molecule has 13 rings (SSSR count). The van der Waals surface area contributed by atoms with Crippen molar-refractivity contribution in [1.29, 1.82) is 0 Å². The van der Waals surface area contributed by atoms with Crippen LogP contribution in [-0.4, -0.2) is 410 Å². The van der Waals surface area contributed by atoms with Gasteiger partial charge in [-0.15, -0.1) is 15.3 Å². The third-order valence-electron chi connectivity index (χ3n) is 23.2. The van der Waals surface area contributed by atoms with Crippen molar-refractivity contribution in [3.8, 4) is 0 Å². The number of ether oxygens (including phenoxy) is 28. The van der Waals surface area contributed by atoms with Gasteiger partial charge in [0.2, 0.25) is 23.6 Å². The van der Waals surface area contributed by atoms with Crippen LogP contribution in [0.1, 0.15) is 111 Å². The molecule has 4 aromatic heterocycles. The quantitative estimate of drug-likeness (QED) is 0.0308. The maximum absolute atomic E-state index is 14.3. The summed E-state index contributed by atoms with van der Waals surface area (Å²) in [5.41, 5.74) is -2.34. The average molecular weight is 2000 g/mol. The van der Waals surface area contributed by atoms with Gasteiger partial charge in [0.1, 0.15) is 106 Å². The van der Waals surface area contributed by atoms with Gasteiger partial charge in [-0.05, 0) is 77.3 Å². The molecular formula is C88H139N15O33S2. The van der Waals surface area contributed by atoms with Crippen molar-refractivity contribution < 1.29 is 157 Å². The van der Waals surface area contributed by atoms with Crippen LogP contribution < -0.4 is 26.6 Å². The van der Waals surface area contributed by atoms with Gasteiger partial charge in [-0.3, -0.25) is 19.2 Å². The average Bonchev–Trinajstić information content (AvgIpc) is 1.58. The minimum Gasteiger partial charge on any atom is -0.449 e. The summed E-state index contributed by atoms with van der Waals surface area (Å²) in [6, 6.07) is 4.14. The molecule has 776 valence electrons. The van der Waals surface area contributed by atoms with Crippen molar-refractivity contribution in [1.82, 2.24) is 76.5 Å². The van der Waals surface area contributed by atoms with Crippen molar-refractivity contribution in [3.05, 3.63) is 60.1 Å². The third-order valence-corrected chi connectivity index (χ3v) is 25.4. The van der Waals surface area contributed by atoms with Crippen LogP contribution in [0.4, 0.5) is 4.79 Å². The van der Waals surface area contributed by atoms with Gasteiger partial charge >= 0.3 is 6.09 Å². The Hall–Kier alpha value is -6.66. The molecule has 0 aliphatic carbocycles. The molecule has 6 bridgehead atoms. The van der Waals surface area contributed by atoms with Gasteiger partial charge in [0, 0.05) is 58.7 Å². The maximum atomic E-state index is 14.3. The first-order valence-corrected chi connectivity index (χ1v) is 49.6. The van der Waals surface area contributed by atoms with E-state index in [1.165, 1.54) is 42.4 Å². The highest BCUT2D eigenvalue weighted by Crippen LogP contribution is 2.50. The van der Waals surface area contributed by atoms with Crippen molar-refractivity contribution in [2.75, 3.05) is 217 Å². The minimum absolute atomic E-state index is 0.000252. The highest BCUT2D eigenvalue weighted by molar-refractivity contribution is 8.76. The van der Waals surface area contributed by atoms with Crippen LogP contribution in [0.5, 0.6) is 0 Å². The number of unbranched alkanes of at least 4 members (excludes halogenated alkanes) is 2. The Bertz CT molecular complexity index is 4170. The fourth-order valence-electron chi connectivity index (χ4n) is 17.1. The first-order valence-electron chi connectivity index (χ1n) is 47.3. The topological polar surface area (TPSA) is 509 Å². The van der Waals surface area contributed by atoms with E-state index in [0.29, 0.717) is 220 Å². The third kappa shape index (κ3) is 33.5. The number of hydrogen-bond acceptors (Lipinski definition) is 42. The number of alkyl carbamates (subject to hydrolysis) is 1. The summed E-state index contributed by atoms with van der Waals surface area (Å²) in [6.07, 6.45) is 3.91. The normalized spacial score (nSPS) is 26.6. The lowest BCUT2D eigenvalue weighted by atomic mass is 9.85. The first-order chi connectivity index (χ1) is 66.8. The smallest absolute Gasteiger partial charge is 0.407 e. The molecule has 9 aliphatic heterocycles. The fourth-order valence-corrected chi connectivity index (χ4v) is 18.8. The molecule has 5 N–H and O–H groups in total. The molecule has 5 amide bonds. The Morgan fingerprint density at radius 3 is 1.19 bits per heavy atom. The van der Waals surface area contributed by atoms with Gasteiger partial charge in [-0.1, -0.05) is 38.9 Å². The number of fused-ring (bicyclic) bond motifs is 12. The minimum atomic E-state index is -1.31. The zero-order valence-electron chi connectivity index (χ0n) is 80.3. The van der Waals surface area contributed by atoms with E-state index in [0.717, 1.165) is 5.03 Å². The van der Waals surface area contributed by atoms with Gasteiger partial charge in [0.15, 0.2) is 36.2 Å². The molecule has 48 nitrogen and oxygen atoms in total. The number of nitrogens with zero attached hydrogens (tertiary/aromatic N) is 10. The van der Waals surface area contributed by atoms with E-state index in [1.54, 1.807) is 38.8 Å². The number of carbonyl (C=O) groups is 5. The lowest BCUT2D eigenvalue weighted by Gasteiger charge is -2.42. The van der Waals surface area contributed by atoms with Crippen LogP contribution in [0.25, 0.3) is 0 Å². The second-order valence-corrected chi connectivity index (χ2v) is 38.4. The number of rotatable bonds is 70. The second kappa shape index (κ2) is 54.3. The predicted molar refractivity (Wildman–Crippen MR) is 480 cm³/mol. The zero-order valence-corrected chi connectivity index (χ0v) is 82.0. The van der Waals surface area contributed by atoms with Gasteiger partial charge < -0.3 is 159 Å². The molecule has 4 aromatic rings. The number of aromatic nitrogens is 10. The SMILES string of the molecule is CC(=O)N[C@H]1[C@H]2OC[C@](CCOCCOCCOCCOCCn3cc(COCC(COCc4cn(CCOCCOCCOCCOC[C@@]56CO[C@@H](O5)[C@H](NC(C)=O)[C@H]5OC(C)(C)O[C@H]56)nn4)(COCc4cn(CCOCCOCCOCCOC[C@@]56CO[C@@H](O5)[C@H](NC(C)=O)[C@H]5OC(C)(C)O[C@H]56)nn4)NC(=O)CCCCCNC(=O)OCCSSc4ccccn4)nn3)(O2)[C@@H]2OC(C)(C)O[C@H]12. The van der Waals surface area contributed by atoms with Crippen LogP contribution >= 0.6 is 21.6 Å². The maximum Gasteiger partial charge on any atom is 0.407 e. The van der Waals surface area contributed by atoms with Crippen LogP contribution in [0.3, 0.4) is 0 Å². The summed E-state index contributed by atoms with van der Waals surface area (Å²) >= 11 is 0. The van der Waals surface area contributed by atoms with E-state index in [9.17, 15) is 24.0 Å². The lowest BCUT2D eigenvalue weighted by molar-refractivity contribution is -0.214. The Morgan fingerprint density at radius 2 is 0.797 bits per heavy atom. The Labute approximate surface area is 810 Å². The van der Waals surface area contributed by atoms with E-state index in [4.69, 9.17) is 133 Å². The first kappa shape index (κ1) is 109. The van der Waals surface area contributed by atoms with Gasteiger partial charge in [-0.25, -0.2) is 23.8 Å². The van der Waals surface area contributed by atoms with E-state index in [2.05, 4.69) is 62.5 Å². The molecule has 0 spiro atoms. The molecule has 9 saturated heterocycles. The van der Waals surface area contributed by atoms with E-state index in [1.807, 2.05) is 59.7 Å². The molecule has 13 heterocycles. The second-order valence-electron chi connectivity index (χ2n) is 36.0. The van der Waals surface area contributed by atoms with Crippen LogP contribution in [0.2, 0.25) is 0 Å². The standard InChI is InChI=1S/C88H139N15O33S2/c1-61(104)91-69-72-75(131-82(4,5)128-72)86(58-125-78(69)134-86)17-23-109-27-31-113-35-36-114-32-28-110-24-20-101-47-64(95-98-101)50-121-53-85(94-67(107)15-11-10-13-19-90-81(108)124-45-46-137-138-68-16-12-14-18-89-68,54-122-51-65-48-102(99-96-65)21-25-111-29-33-115-37-39-117-41-43-119-56-87-59-126-79(135-87)70(92-62(2)105)73-76(87)132-83(6,7)129-73)55-123-52-66-49-103(100-97-66)22-26-112-30-34-116-38-40-118-42-44-120-57-88-60-127-80(136-88)71(93-63(3)106)74-77(88)133-84(8,9)130-74/h12,14,16,18,47-49,69-80H,10-11,13,15,17,19-46,50-60H2,1-9H3,(H,90,108)(H,91,104)(H,92,105)(H,93,106)(H,94,107)/t69-,70-,71-,72-,73-,74-,75-,76-,77-,78+,79+,80+,86+,87+,88+/m1/s1. The van der Waals surface area contributed by atoms with E-state index < -0.39 is 119 Å². The molecule has 9 aliphatic rings. The highest BCUT2D eigenvalue weighted by Gasteiger charge is 2.69. The van der Waals surface area contributed by atoms with E-state index >= 15 is 0 Å². The van der Waals surface area contributed by atoms with Crippen molar-refractivity contribution in [2.24, 2.45) is 0 Å². The summed E-state index contributed by atoms with van der Waals surface area (Å²) in [7, 11) is 3.05. The van der Waals surface area contributed by atoms with Crippen molar-refractivity contribution in [3.63, 3.8) is 0 Å². The summed E-state index contributed by atoms with van der Waals surface area (Å²) in [4.78, 5) is 67.2. The number of nitrogens with one attached hydrogen (secondary N) is 5. The summed E-state index contributed by atoms with van der Waals surface area (Å²) in [5.74, 6) is -2.97. The predicted octanol–water partition coefficient (Wildman–Crippen LogP) is 1.43. The number of amides is 5. The molecule has 0 radical (unpaired) electrons. The Morgan fingerprint density at radius 1 is 0.428 bits per heavy atom. The number of carbonyl (C=O) groups excluding carboxylic acids is 5. The molecule has 15 atom stereocenters. The number of pyridine rings is 1. The summed E-state index contributed by atoms with van der Waals surface area (Å²) < 4.78 is 174. The molecule has 0 saturated carbocycles.